The van der Waals surface area contributed by atoms with Crippen LogP contribution in [0.4, 0.5) is 0 Å². The molecule has 0 aliphatic rings. The first kappa shape index (κ1) is 18.1. The number of hydrogen-bond donors (Lipinski definition) is 1. The van der Waals surface area contributed by atoms with Crippen LogP contribution in [0.5, 0.6) is 5.88 Å². The molecule has 23 heavy (non-hydrogen) atoms. The Balaban J connectivity index is 2.12. The highest BCUT2D eigenvalue weighted by Gasteiger charge is 2.36. The Hall–Kier alpha value is -1.27. The Labute approximate surface area is 148 Å². The monoisotopic (exact) mass is 376 g/mol. The van der Waals surface area contributed by atoms with Crippen molar-refractivity contribution in [3.05, 3.63) is 45.8 Å². The molecule has 0 aliphatic carbocycles. The average Bonchev–Trinajstić information content (AvgIpc) is 2.95. The summed E-state index contributed by atoms with van der Waals surface area (Å²) in [6.45, 7) is 3.93. The molecule has 0 saturated heterocycles. The maximum Gasteiger partial charge on any atom is 0.342 e. The molecule has 1 atom stereocenters. The van der Waals surface area contributed by atoms with Crippen LogP contribution in [-0.4, -0.2) is 26.7 Å². The summed E-state index contributed by atoms with van der Waals surface area (Å²) < 4.78 is 6.93. The van der Waals surface area contributed by atoms with Crippen LogP contribution in [0.2, 0.25) is 15.2 Å². The number of aliphatic hydroxyl groups is 1. The van der Waals surface area contributed by atoms with Crippen molar-refractivity contribution in [2.45, 2.75) is 26.5 Å². The molecule has 0 saturated carbocycles. The molecule has 5 nitrogen and oxygen atoms in total. The minimum Gasteiger partial charge on any atom is -0.404 e. The second-order valence-corrected chi connectivity index (χ2v) is 6.89. The molecule has 2 aromatic rings. The standard InChI is InChI=1S/C15H15Cl3N2O3/c1-15(2,8-20-5-3-4-6-20)11(21)14(22)23-13-10(17)7-9(16)12(18)19-13/h3-7,11,21H,8H2,1-2H3. The number of rotatable bonds is 5. The van der Waals surface area contributed by atoms with Crippen molar-refractivity contribution < 1.29 is 14.6 Å². The summed E-state index contributed by atoms with van der Waals surface area (Å²) in [6.07, 6.45) is 2.31. The van der Waals surface area contributed by atoms with Crippen LogP contribution in [0.1, 0.15) is 13.8 Å². The summed E-state index contributed by atoms with van der Waals surface area (Å²) >= 11 is 17.5. The molecule has 1 unspecified atom stereocenters. The molecule has 2 aromatic heterocycles. The number of halogens is 3. The van der Waals surface area contributed by atoms with Crippen LogP contribution < -0.4 is 4.74 Å². The van der Waals surface area contributed by atoms with Crippen molar-refractivity contribution in [3.63, 3.8) is 0 Å². The lowest BCUT2D eigenvalue weighted by molar-refractivity contribution is -0.151. The van der Waals surface area contributed by atoms with E-state index in [2.05, 4.69) is 4.98 Å². The molecule has 0 aromatic carbocycles. The lowest BCUT2D eigenvalue weighted by Gasteiger charge is -2.29. The van der Waals surface area contributed by atoms with Gasteiger partial charge in [0, 0.05) is 24.4 Å². The third kappa shape index (κ3) is 4.38. The first-order chi connectivity index (χ1) is 10.7. The van der Waals surface area contributed by atoms with E-state index >= 15 is 0 Å². The van der Waals surface area contributed by atoms with Gasteiger partial charge in [-0.15, -0.1) is 0 Å². The van der Waals surface area contributed by atoms with E-state index in [1.807, 2.05) is 29.1 Å². The summed E-state index contributed by atoms with van der Waals surface area (Å²) in [6, 6.07) is 5.04. The Bertz CT molecular complexity index is 702. The zero-order valence-corrected chi connectivity index (χ0v) is 14.7. The Morgan fingerprint density at radius 1 is 1.30 bits per heavy atom. The van der Waals surface area contributed by atoms with Gasteiger partial charge in [0.1, 0.15) is 5.02 Å². The lowest BCUT2D eigenvalue weighted by atomic mass is 9.86. The molecule has 1 N–H and O–H groups in total. The van der Waals surface area contributed by atoms with Crippen LogP contribution in [0.25, 0.3) is 0 Å². The zero-order valence-electron chi connectivity index (χ0n) is 12.5. The molecule has 8 heteroatoms. The number of ether oxygens (including phenoxy) is 1. The van der Waals surface area contributed by atoms with E-state index in [1.54, 1.807) is 13.8 Å². The first-order valence-corrected chi connectivity index (χ1v) is 7.86. The molecule has 2 rings (SSSR count). The Morgan fingerprint density at radius 3 is 2.52 bits per heavy atom. The molecule has 0 spiro atoms. The largest absolute Gasteiger partial charge is 0.404 e. The number of esters is 1. The summed E-state index contributed by atoms with van der Waals surface area (Å²) in [7, 11) is 0. The quantitative estimate of drug-likeness (QED) is 0.635. The number of pyridine rings is 1. The maximum absolute atomic E-state index is 12.2. The molecule has 0 radical (unpaired) electrons. The molecule has 0 aliphatic heterocycles. The predicted octanol–water partition coefficient (Wildman–Crippen LogP) is 3.84. The molecule has 124 valence electrons. The molecule has 0 fully saturated rings. The summed E-state index contributed by atoms with van der Waals surface area (Å²) in [4.78, 5) is 16.0. The van der Waals surface area contributed by atoms with Gasteiger partial charge in [-0.05, 0) is 18.2 Å². The van der Waals surface area contributed by atoms with E-state index < -0.39 is 17.5 Å². The van der Waals surface area contributed by atoms with Gasteiger partial charge in [-0.1, -0.05) is 48.7 Å². The van der Waals surface area contributed by atoms with E-state index in [4.69, 9.17) is 39.5 Å². The minimum atomic E-state index is -1.38. The van der Waals surface area contributed by atoms with E-state index in [0.717, 1.165) is 0 Å². The topological polar surface area (TPSA) is 64.4 Å². The van der Waals surface area contributed by atoms with Gasteiger partial charge >= 0.3 is 5.97 Å². The highest BCUT2D eigenvalue weighted by Crippen LogP contribution is 2.31. The van der Waals surface area contributed by atoms with Gasteiger partial charge in [-0.3, -0.25) is 0 Å². The van der Waals surface area contributed by atoms with Gasteiger partial charge in [0.15, 0.2) is 11.3 Å². The number of carbonyl (C=O) groups excluding carboxylic acids is 1. The molecule has 2 heterocycles. The average molecular weight is 378 g/mol. The minimum absolute atomic E-state index is 0.0307. The van der Waals surface area contributed by atoms with Crippen LogP contribution >= 0.6 is 34.8 Å². The third-order valence-corrected chi connectivity index (χ3v) is 4.22. The second kappa shape index (κ2) is 7.09. The van der Waals surface area contributed by atoms with Crippen molar-refractivity contribution in [2.24, 2.45) is 5.41 Å². The van der Waals surface area contributed by atoms with Gasteiger partial charge in [-0.25, -0.2) is 4.79 Å². The van der Waals surface area contributed by atoms with E-state index in [-0.39, 0.29) is 21.1 Å². The predicted molar refractivity (Wildman–Crippen MR) is 89.1 cm³/mol. The van der Waals surface area contributed by atoms with Crippen molar-refractivity contribution in [1.82, 2.24) is 9.55 Å². The number of hydrogen-bond acceptors (Lipinski definition) is 4. The fourth-order valence-corrected chi connectivity index (χ4v) is 2.53. The highest BCUT2D eigenvalue weighted by molar-refractivity contribution is 6.42. The number of nitrogens with zero attached hydrogens (tertiary/aromatic N) is 2. The smallest absolute Gasteiger partial charge is 0.342 e. The molecule has 0 amide bonds. The van der Waals surface area contributed by atoms with E-state index in [0.29, 0.717) is 6.54 Å². The summed E-state index contributed by atoms with van der Waals surface area (Å²) in [5, 5.41) is 10.4. The SMILES string of the molecule is CC(C)(Cn1cccc1)C(O)C(=O)Oc1nc(Cl)c(Cl)cc1Cl. The van der Waals surface area contributed by atoms with Crippen LogP contribution in [0.3, 0.4) is 0 Å². The number of aromatic nitrogens is 2. The van der Waals surface area contributed by atoms with Gasteiger partial charge in [0.05, 0.1) is 5.02 Å². The van der Waals surface area contributed by atoms with Crippen molar-refractivity contribution in [1.29, 1.82) is 0 Å². The Morgan fingerprint density at radius 2 is 1.91 bits per heavy atom. The number of aliphatic hydroxyl groups excluding tert-OH is 1. The van der Waals surface area contributed by atoms with Gasteiger partial charge in [-0.2, -0.15) is 4.98 Å². The summed E-state index contributed by atoms with van der Waals surface area (Å²) in [5.74, 6) is -1.06. The van der Waals surface area contributed by atoms with Crippen molar-refractivity contribution in [3.8, 4) is 5.88 Å². The highest BCUT2D eigenvalue weighted by atomic mass is 35.5. The normalized spacial score (nSPS) is 13.0. The molecular weight excluding hydrogens is 363 g/mol. The van der Waals surface area contributed by atoms with Crippen molar-refractivity contribution in [2.75, 3.05) is 0 Å². The van der Waals surface area contributed by atoms with Crippen LogP contribution in [-0.2, 0) is 11.3 Å². The Kier molecular flexibility index (Phi) is 5.57. The van der Waals surface area contributed by atoms with Gasteiger partial charge in [0.2, 0.25) is 5.88 Å². The lowest BCUT2D eigenvalue weighted by Crippen LogP contribution is -2.41. The maximum atomic E-state index is 12.2. The van der Waals surface area contributed by atoms with Crippen LogP contribution in [0, 0.1) is 5.41 Å². The second-order valence-electron chi connectivity index (χ2n) is 5.72. The fraction of sp³-hybridized carbons (Fsp3) is 0.333. The van der Waals surface area contributed by atoms with E-state index in [1.165, 1.54) is 6.07 Å². The molecule has 0 bridgehead atoms. The van der Waals surface area contributed by atoms with Crippen LogP contribution in [0.15, 0.2) is 30.6 Å². The third-order valence-electron chi connectivity index (χ3n) is 3.27. The van der Waals surface area contributed by atoms with Gasteiger partial charge < -0.3 is 14.4 Å². The molecular formula is C15H15Cl3N2O3. The van der Waals surface area contributed by atoms with E-state index in [9.17, 15) is 9.90 Å². The van der Waals surface area contributed by atoms with Crippen molar-refractivity contribution >= 4 is 40.8 Å². The zero-order chi connectivity index (χ0) is 17.2. The number of carbonyl (C=O) groups is 1. The van der Waals surface area contributed by atoms with Gasteiger partial charge in [0.25, 0.3) is 0 Å². The summed E-state index contributed by atoms with van der Waals surface area (Å²) in [5.41, 5.74) is -0.765. The fourth-order valence-electron chi connectivity index (χ4n) is 2.00. The first-order valence-electron chi connectivity index (χ1n) is 6.73.